The molecule has 1 aromatic carbocycles. The Morgan fingerprint density at radius 3 is 2.86 bits per heavy atom. The molecular formula is C17H14N2O3. The summed E-state index contributed by atoms with van der Waals surface area (Å²) in [6.07, 6.45) is 2.77. The molecule has 0 fully saturated rings. The third kappa shape index (κ3) is 1.82. The number of carbonyl (C=O) groups excluding carboxylic acids is 1. The SMILES string of the molecule is CC(=O)Nc1nc2c(c3c1c(=O)oc1ccccc13)CCC2. The lowest BCUT2D eigenvalue weighted by Crippen LogP contribution is -2.13. The predicted octanol–water partition coefficient (Wildman–Crippen LogP) is 2.79. The van der Waals surface area contributed by atoms with E-state index in [1.165, 1.54) is 6.92 Å². The zero-order chi connectivity index (χ0) is 15.3. The van der Waals surface area contributed by atoms with Gasteiger partial charge in [-0.15, -0.1) is 0 Å². The van der Waals surface area contributed by atoms with E-state index in [1.54, 1.807) is 6.07 Å². The number of nitrogens with zero attached hydrogens (tertiary/aromatic N) is 1. The Balaban J connectivity index is 2.24. The number of para-hydroxylation sites is 1. The Kier molecular flexibility index (Phi) is 2.76. The molecular weight excluding hydrogens is 280 g/mol. The molecule has 1 amide bonds. The summed E-state index contributed by atoms with van der Waals surface area (Å²) in [5.41, 5.74) is 2.17. The molecule has 1 aliphatic carbocycles. The molecule has 1 N–H and O–H groups in total. The lowest BCUT2D eigenvalue weighted by molar-refractivity contribution is -0.114. The fourth-order valence-corrected chi connectivity index (χ4v) is 3.25. The van der Waals surface area contributed by atoms with Gasteiger partial charge in [0.15, 0.2) is 0 Å². The average molecular weight is 294 g/mol. The van der Waals surface area contributed by atoms with Gasteiger partial charge in [-0.3, -0.25) is 4.79 Å². The smallest absolute Gasteiger partial charge is 0.347 e. The van der Waals surface area contributed by atoms with Gasteiger partial charge in [0.05, 0.1) is 0 Å². The molecule has 4 rings (SSSR count). The van der Waals surface area contributed by atoms with Gasteiger partial charge in [0.1, 0.15) is 16.8 Å². The van der Waals surface area contributed by atoms with Gasteiger partial charge < -0.3 is 9.73 Å². The highest BCUT2D eigenvalue weighted by atomic mass is 16.4. The van der Waals surface area contributed by atoms with Gasteiger partial charge in [-0.2, -0.15) is 0 Å². The van der Waals surface area contributed by atoms with Crippen LogP contribution in [0.3, 0.4) is 0 Å². The molecule has 0 spiro atoms. The first-order valence-corrected chi connectivity index (χ1v) is 7.30. The Bertz CT molecular complexity index is 989. The molecule has 3 aromatic rings. The number of hydrogen-bond acceptors (Lipinski definition) is 4. The summed E-state index contributed by atoms with van der Waals surface area (Å²) in [7, 11) is 0. The molecule has 2 aromatic heterocycles. The zero-order valence-corrected chi connectivity index (χ0v) is 12.1. The first-order chi connectivity index (χ1) is 10.6. The quantitative estimate of drug-likeness (QED) is 0.553. The van der Waals surface area contributed by atoms with Crippen molar-refractivity contribution in [3.8, 4) is 0 Å². The minimum Gasteiger partial charge on any atom is -0.422 e. The summed E-state index contributed by atoms with van der Waals surface area (Å²) in [6, 6.07) is 7.49. The maximum absolute atomic E-state index is 12.4. The van der Waals surface area contributed by atoms with Gasteiger partial charge >= 0.3 is 5.63 Å². The average Bonchev–Trinajstić information content (AvgIpc) is 2.94. The second-order valence-electron chi connectivity index (χ2n) is 5.56. The van der Waals surface area contributed by atoms with Crippen molar-refractivity contribution in [3.05, 3.63) is 45.9 Å². The van der Waals surface area contributed by atoms with E-state index in [4.69, 9.17) is 4.42 Å². The summed E-state index contributed by atoms with van der Waals surface area (Å²) in [4.78, 5) is 28.4. The second kappa shape index (κ2) is 4.66. The summed E-state index contributed by atoms with van der Waals surface area (Å²) in [5.74, 6) is 0.0574. The highest BCUT2D eigenvalue weighted by molar-refractivity contribution is 6.11. The first-order valence-electron chi connectivity index (χ1n) is 7.30. The van der Waals surface area contributed by atoms with Crippen LogP contribution in [0.4, 0.5) is 5.82 Å². The minimum atomic E-state index is -0.459. The fraction of sp³-hybridized carbons (Fsp3) is 0.235. The van der Waals surface area contributed by atoms with Gasteiger partial charge in [0, 0.05) is 23.4 Å². The van der Waals surface area contributed by atoms with Gasteiger partial charge in [0.25, 0.3) is 0 Å². The van der Waals surface area contributed by atoms with Crippen LogP contribution in [0.25, 0.3) is 21.7 Å². The van der Waals surface area contributed by atoms with Crippen LogP contribution in [0.15, 0.2) is 33.5 Å². The number of anilines is 1. The highest BCUT2D eigenvalue weighted by Gasteiger charge is 2.23. The van der Waals surface area contributed by atoms with Gasteiger partial charge in [-0.1, -0.05) is 18.2 Å². The van der Waals surface area contributed by atoms with Crippen LogP contribution in [0.1, 0.15) is 24.6 Å². The van der Waals surface area contributed by atoms with Crippen molar-refractivity contribution in [2.75, 3.05) is 5.32 Å². The molecule has 5 nitrogen and oxygen atoms in total. The number of nitrogens with one attached hydrogen (secondary N) is 1. The lowest BCUT2D eigenvalue weighted by atomic mass is 10.0. The molecule has 0 saturated heterocycles. The van der Waals surface area contributed by atoms with Crippen LogP contribution in [0, 0.1) is 0 Å². The van der Waals surface area contributed by atoms with Crippen molar-refractivity contribution in [1.82, 2.24) is 4.98 Å². The van der Waals surface area contributed by atoms with Crippen LogP contribution in [-0.2, 0) is 17.6 Å². The number of rotatable bonds is 1. The number of pyridine rings is 1. The molecule has 22 heavy (non-hydrogen) atoms. The summed E-state index contributed by atoms with van der Waals surface area (Å²) in [6.45, 7) is 1.41. The minimum absolute atomic E-state index is 0.251. The van der Waals surface area contributed by atoms with E-state index in [1.807, 2.05) is 18.2 Å². The molecule has 1 aliphatic rings. The Morgan fingerprint density at radius 1 is 1.23 bits per heavy atom. The van der Waals surface area contributed by atoms with E-state index < -0.39 is 5.63 Å². The van der Waals surface area contributed by atoms with E-state index >= 15 is 0 Å². The molecule has 0 bridgehead atoms. The van der Waals surface area contributed by atoms with Gasteiger partial charge in [-0.25, -0.2) is 9.78 Å². The van der Waals surface area contributed by atoms with E-state index in [2.05, 4.69) is 10.3 Å². The van der Waals surface area contributed by atoms with Crippen LogP contribution >= 0.6 is 0 Å². The van der Waals surface area contributed by atoms with Crippen molar-refractivity contribution in [1.29, 1.82) is 0 Å². The van der Waals surface area contributed by atoms with Crippen LogP contribution in [0.5, 0.6) is 0 Å². The summed E-state index contributed by atoms with van der Waals surface area (Å²) >= 11 is 0. The van der Waals surface area contributed by atoms with Crippen LogP contribution in [0.2, 0.25) is 0 Å². The van der Waals surface area contributed by atoms with Crippen molar-refractivity contribution < 1.29 is 9.21 Å². The predicted molar refractivity (Wildman–Crippen MR) is 84.1 cm³/mol. The molecule has 0 aliphatic heterocycles. The molecule has 110 valence electrons. The molecule has 2 heterocycles. The van der Waals surface area contributed by atoms with E-state index in [-0.39, 0.29) is 5.91 Å². The Morgan fingerprint density at radius 2 is 2.05 bits per heavy atom. The zero-order valence-electron chi connectivity index (χ0n) is 12.1. The Hall–Kier alpha value is -2.69. The first kappa shape index (κ1) is 13.0. The number of carbonyl (C=O) groups is 1. The second-order valence-corrected chi connectivity index (χ2v) is 5.56. The van der Waals surface area contributed by atoms with Crippen molar-refractivity contribution in [3.63, 3.8) is 0 Å². The molecule has 0 unspecified atom stereocenters. The number of aromatic nitrogens is 1. The van der Waals surface area contributed by atoms with E-state index in [0.717, 1.165) is 41.3 Å². The summed E-state index contributed by atoms with van der Waals surface area (Å²) in [5, 5.41) is 4.81. The fourth-order valence-electron chi connectivity index (χ4n) is 3.25. The van der Waals surface area contributed by atoms with Gasteiger partial charge in [-0.05, 0) is 30.9 Å². The normalized spacial score (nSPS) is 13.5. The monoisotopic (exact) mass is 294 g/mol. The molecule has 0 radical (unpaired) electrons. The molecule has 5 heteroatoms. The third-order valence-corrected chi connectivity index (χ3v) is 4.08. The van der Waals surface area contributed by atoms with Crippen LogP contribution < -0.4 is 10.9 Å². The maximum Gasteiger partial charge on any atom is 0.347 e. The lowest BCUT2D eigenvalue weighted by Gasteiger charge is -2.12. The van der Waals surface area contributed by atoms with E-state index in [0.29, 0.717) is 16.8 Å². The standard InChI is InChI=1S/C17H14N2O3/c1-9(20)18-16-15-14(10-6-4-7-12(10)19-16)11-5-2-3-8-13(11)22-17(15)21/h2-3,5,8H,4,6-7H2,1H3,(H,18,19,20). The molecule has 0 atom stereocenters. The van der Waals surface area contributed by atoms with Crippen molar-refractivity contribution in [2.45, 2.75) is 26.2 Å². The van der Waals surface area contributed by atoms with Crippen molar-refractivity contribution in [2.24, 2.45) is 0 Å². The van der Waals surface area contributed by atoms with E-state index in [9.17, 15) is 9.59 Å². The number of fused-ring (bicyclic) bond motifs is 5. The maximum atomic E-state index is 12.4. The topological polar surface area (TPSA) is 72.2 Å². The largest absolute Gasteiger partial charge is 0.422 e. The summed E-state index contributed by atoms with van der Waals surface area (Å²) < 4.78 is 5.41. The third-order valence-electron chi connectivity index (χ3n) is 4.08. The molecule has 0 saturated carbocycles. The van der Waals surface area contributed by atoms with Gasteiger partial charge in [0.2, 0.25) is 5.91 Å². The van der Waals surface area contributed by atoms with Crippen molar-refractivity contribution >= 4 is 33.5 Å². The van der Waals surface area contributed by atoms with Crippen LogP contribution in [-0.4, -0.2) is 10.9 Å². The number of aryl methyl sites for hydroxylation is 2. The Labute approximate surface area is 126 Å². The number of hydrogen-bond donors (Lipinski definition) is 1. The highest BCUT2D eigenvalue weighted by Crippen LogP contribution is 2.35. The number of benzene rings is 1. The number of amides is 1.